The van der Waals surface area contributed by atoms with E-state index in [-0.39, 0.29) is 60.2 Å². The Labute approximate surface area is 606 Å². The van der Waals surface area contributed by atoms with Gasteiger partial charge >= 0.3 is 0 Å². The first-order valence-electron chi connectivity index (χ1n) is 33.5. The fourth-order valence-corrected chi connectivity index (χ4v) is 24.8. The van der Waals surface area contributed by atoms with Crippen molar-refractivity contribution < 1.29 is 23.4 Å². The normalized spacial score (nSPS) is 12.1. The van der Waals surface area contributed by atoms with E-state index in [0.29, 0.717) is 11.5 Å². The molecule has 19 rings (SSSR count). The van der Waals surface area contributed by atoms with E-state index in [1.54, 1.807) is 60.7 Å². The first-order valence-corrected chi connectivity index (χ1v) is 39.7. The molecule has 2 aromatic heterocycles. The van der Waals surface area contributed by atoms with Crippen molar-refractivity contribution in [3.05, 3.63) is 416 Å². The standard InChI is InChI=1S/C19H14OS.C19H15S.C18H12F3S.C18H12OS.C18H13S/c20-16-9-11-17(12-10-16)21-18-7-3-1-5-14(18)13-15-6-2-4-8-19(15)21;1-2-10-17(11-3-1)20-18-12-6-4-8-15(18)14-16-9-5-7-13-19(16)20;19-13-1-7-16(8-2-13)22(17-9-3-14(20)4-10-17)18-11-5-15(21)6-12-18;19-13-9-11-14(12-10-13)20-17-7-3-1-5-15(17)16-6-2-4-8-18(16)20;1-2-8-14(9-3-1)19-17-12-6-4-10-15(17)16-11-5-7-13-18(16)19/h1-12H,13H2;1-13H,14H2;1-12H;1-12H;1-13H/q;2*+1;;+1/p+2. The van der Waals surface area contributed by atoms with Crippen molar-refractivity contribution in [2.75, 3.05) is 0 Å². The molecule has 0 unspecified atom stereocenters. The van der Waals surface area contributed by atoms with Gasteiger partial charge in [-0.3, -0.25) is 0 Å². The van der Waals surface area contributed by atoms with Crippen LogP contribution in [0.3, 0.4) is 0 Å². The summed E-state index contributed by atoms with van der Waals surface area (Å²) in [6.45, 7) is 0. The molecular formula is C92H68F3O2S5+5. The number of phenolic OH excluding ortho intramolecular Hbond substituents is 2. The molecule has 0 amide bonds. The second-order valence-corrected chi connectivity index (χ2v) is 34.2. The highest BCUT2D eigenvalue weighted by Gasteiger charge is 2.39. The molecule has 2 aliphatic heterocycles. The predicted octanol–water partition coefficient (Wildman–Crippen LogP) is 25.4. The average Bonchev–Trinajstić information content (AvgIpc) is 1.45. The van der Waals surface area contributed by atoms with E-state index in [1.807, 2.05) is 24.3 Å². The Morgan fingerprint density at radius 2 is 0.461 bits per heavy atom. The minimum Gasteiger partial charge on any atom is -0.508 e. The summed E-state index contributed by atoms with van der Waals surface area (Å²) in [4.78, 5) is 13.8. The summed E-state index contributed by atoms with van der Waals surface area (Å²) in [7, 11) is -0.575. The minimum absolute atomic E-state index is 0.0421. The van der Waals surface area contributed by atoms with Gasteiger partial charge < -0.3 is 10.2 Å². The maximum atomic E-state index is 13.2. The van der Waals surface area contributed by atoms with Gasteiger partial charge in [-0.25, -0.2) is 13.2 Å². The number of hydrogen-bond acceptors (Lipinski definition) is 2. The monoisotopic (exact) mass is 1420 g/mol. The third kappa shape index (κ3) is 14.4. The molecule has 17 aromatic rings. The van der Waals surface area contributed by atoms with E-state index in [1.165, 1.54) is 138 Å². The molecule has 0 saturated carbocycles. The molecule has 0 radical (unpaired) electrons. The summed E-state index contributed by atoms with van der Waals surface area (Å²) in [6.07, 6.45) is 2.07. The highest BCUT2D eigenvalue weighted by Crippen LogP contribution is 2.50. The number of fused-ring (bicyclic) bond motifs is 10. The third-order valence-electron chi connectivity index (χ3n) is 17.8. The molecule has 0 aliphatic carbocycles. The van der Waals surface area contributed by atoms with Crippen LogP contribution in [0, 0.1) is 17.5 Å². The Morgan fingerprint density at radius 3 is 0.775 bits per heavy atom. The summed E-state index contributed by atoms with van der Waals surface area (Å²) in [6, 6.07) is 125. The number of thiophene rings is 2. The van der Waals surface area contributed by atoms with Crippen LogP contribution in [0.4, 0.5) is 13.2 Å². The Morgan fingerprint density at radius 1 is 0.225 bits per heavy atom. The van der Waals surface area contributed by atoms with Crippen molar-refractivity contribution >= 4 is 94.0 Å². The smallest absolute Gasteiger partial charge is 0.187 e. The summed E-state index contributed by atoms with van der Waals surface area (Å²) in [5.41, 5.74) is 5.76. The second-order valence-electron chi connectivity index (χ2n) is 24.3. The number of rotatable bonds is 7. The summed E-state index contributed by atoms with van der Waals surface area (Å²) < 4.78 is 45.2. The summed E-state index contributed by atoms with van der Waals surface area (Å²) >= 11 is 0. The van der Waals surface area contributed by atoms with Gasteiger partial charge in [0.15, 0.2) is 72.6 Å². The highest BCUT2D eigenvalue weighted by molar-refractivity contribution is 7.97. The molecule has 10 heteroatoms. The zero-order valence-corrected chi connectivity index (χ0v) is 59.4. The third-order valence-corrected chi connectivity index (χ3v) is 29.5. The van der Waals surface area contributed by atoms with Crippen LogP contribution in [-0.2, 0) is 45.5 Å². The first kappa shape index (κ1) is 67.0. The quantitative estimate of drug-likeness (QED) is 0.156. The Balaban J connectivity index is 0.000000103. The van der Waals surface area contributed by atoms with Gasteiger partial charge in [-0.15, -0.1) is 0 Å². The van der Waals surface area contributed by atoms with Crippen molar-refractivity contribution in [2.45, 2.75) is 56.9 Å². The van der Waals surface area contributed by atoms with Gasteiger partial charge in [0.1, 0.15) is 29.0 Å². The number of halogens is 3. The zero-order chi connectivity index (χ0) is 69.3. The van der Waals surface area contributed by atoms with Gasteiger partial charge in [-0.2, -0.15) is 0 Å². The maximum absolute atomic E-state index is 13.2. The number of phenols is 2. The lowest BCUT2D eigenvalue weighted by atomic mass is 10.0. The minimum atomic E-state index is -0.539. The van der Waals surface area contributed by atoms with Crippen molar-refractivity contribution in [3.8, 4) is 21.3 Å². The van der Waals surface area contributed by atoms with Gasteiger partial charge in [-0.1, -0.05) is 158 Å². The van der Waals surface area contributed by atoms with Crippen LogP contribution in [0.2, 0.25) is 0 Å². The van der Waals surface area contributed by atoms with Gasteiger partial charge in [-0.05, 0) is 206 Å². The topological polar surface area (TPSA) is 40.5 Å². The number of hydrogen-bond donors (Lipinski definition) is 2. The molecule has 0 atom stereocenters. The lowest BCUT2D eigenvalue weighted by Gasteiger charge is -2.19. The molecule has 102 heavy (non-hydrogen) atoms. The number of benzene rings is 15. The summed E-state index contributed by atoms with van der Waals surface area (Å²) in [5.74, 6) is -0.305. The Hall–Kier alpha value is -10.8. The van der Waals surface area contributed by atoms with Crippen molar-refractivity contribution in [1.82, 2.24) is 0 Å². The van der Waals surface area contributed by atoms with E-state index in [2.05, 4.69) is 255 Å². The van der Waals surface area contributed by atoms with Crippen LogP contribution < -0.4 is 0 Å². The zero-order valence-electron chi connectivity index (χ0n) is 55.3. The lowest BCUT2D eigenvalue weighted by molar-refractivity contribution is 0.474. The van der Waals surface area contributed by atoms with Crippen LogP contribution in [0.25, 0.3) is 50.1 Å². The van der Waals surface area contributed by atoms with E-state index in [9.17, 15) is 23.4 Å². The molecule has 0 bridgehead atoms. The van der Waals surface area contributed by atoms with Gasteiger partial charge in [0, 0.05) is 89.7 Å². The van der Waals surface area contributed by atoms with E-state index >= 15 is 0 Å². The molecule has 2 aliphatic rings. The SMILES string of the molecule is Fc1ccc([S+](c2ccc(F)cc2)c2ccc(F)cc2)cc1.Oc1ccc(-[s+]2c3ccccc3c3ccccc32)cc1.Oc1ccc([S+]2c3ccccc3Cc3ccccc32)cc1.c1ccc(-[s+]2c3ccccc3c3ccccc32)cc1.c1ccc([S+]2c3ccccc3Cc3ccccc32)cc1. The second kappa shape index (κ2) is 31.0. The molecule has 2 nitrogen and oxygen atoms in total. The molecule has 4 heterocycles. The number of aromatic hydroxyl groups is 2. The van der Waals surface area contributed by atoms with Gasteiger partial charge in [0.25, 0.3) is 0 Å². The van der Waals surface area contributed by atoms with Crippen molar-refractivity contribution in [3.63, 3.8) is 0 Å². The largest absolute Gasteiger partial charge is 0.508 e. The maximum Gasteiger partial charge on any atom is 0.187 e. The van der Waals surface area contributed by atoms with E-state index in [0.717, 1.165) is 27.5 Å². The van der Waals surface area contributed by atoms with Gasteiger partial charge in [0.2, 0.25) is 0 Å². The Bertz CT molecular complexity index is 5400. The highest BCUT2D eigenvalue weighted by atomic mass is 32.2. The van der Waals surface area contributed by atoms with Crippen LogP contribution in [0.1, 0.15) is 22.3 Å². The molecule has 0 saturated heterocycles. The Kier molecular flexibility index (Phi) is 20.4. The molecule has 0 spiro atoms. The van der Waals surface area contributed by atoms with Crippen LogP contribution >= 0.6 is 20.9 Å². The average molecular weight is 1420 g/mol. The fraction of sp³-hybridized carbons (Fsp3) is 0.0217. The molecular weight excluding hydrogens is 1350 g/mol. The van der Waals surface area contributed by atoms with Crippen LogP contribution in [0.15, 0.2) is 420 Å². The molecule has 0 fully saturated rings. The predicted molar refractivity (Wildman–Crippen MR) is 424 cm³/mol. The van der Waals surface area contributed by atoms with E-state index in [4.69, 9.17) is 0 Å². The van der Waals surface area contributed by atoms with Crippen molar-refractivity contribution in [1.29, 1.82) is 0 Å². The fourth-order valence-electron chi connectivity index (χ4n) is 13.2. The van der Waals surface area contributed by atoms with E-state index < -0.39 is 10.9 Å². The summed E-state index contributed by atoms with van der Waals surface area (Å²) in [5, 5.41) is 24.5. The molecule has 494 valence electrons. The first-order chi connectivity index (χ1) is 50.2. The molecule has 2 N–H and O–H groups in total. The lowest BCUT2D eigenvalue weighted by Crippen LogP contribution is -2.15. The van der Waals surface area contributed by atoms with Gasteiger partial charge in [0.05, 0.1) is 32.7 Å². The van der Waals surface area contributed by atoms with Crippen LogP contribution in [0.5, 0.6) is 11.5 Å². The molecule has 15 aromatic carbocycles. The van der Waals surface area contributed by atoms with Crippen LogP contribution in [-0.4, -0.2) is 10.2 Å². The van der Waals surface area contributed by atoms with Crippen molar-refractivity contribution in [2.24, 2.45) is 0 Å².